The van der Waals surface area contributed by atoms with E-state index in [-0.39, 0.29) is 11.9 Å². The SMILES string of the molecule is CCCNc1ccncc1C(=O)NC(C)COCC. The van der Waals surface area contributed by atoms with Gasteiger partial charge in [-0.05, 0) is 26.3 Å². The van der Waals surface area contributed by atoms with E-state index in [2.05, 4.69) is 22.5 Å². The molecule has 1 rings (SSSR count). The van der Waals surface area contributed by atoms with Gasteiger partial charge in [0.05, 0.1) is 17.9 Å². The maximum atomic E-state index is 12.2. The predicted molar refractivity (Wildman–Crippen MR) is 76.4 cm³/mol. The molecular weight excluding hydrogens is 242 g/mol. The average Bonchev–Trinajstić information content (AvgIpc) is 2.43. The highest BCUT2D eigenvalue weighted by atomic mass is 16.5. The Kier molecular flexibility index (Phi) is 6.89. The Balaban J connectivity index is 2.65. The first kappa shape index (κ1) is 15.4. The van der Waals surface area contributed by atoms with E-state index in [1.165, 1.54) is 0 Å². The number of hydrogen-bond acceptors (Lipinski definition) is 4. The van der Waals surface area contributed by atoms with Gasteiger partial charge >= 0.3 is 0 Å². The van der Waals surface area contributed by atoms with Crippen molar-refractivity contribution in [3.8, 4) is 0 Å². The molecule has 0 bridgehead atoms. The number of amides is 1. The molecule has 0 saturated carbocycles. The zero-order chi connectivity index (χ0) is 14.1. The third-order valence-electron chi connectivity index (χ3n) is 2.58. The van der Waals surface area contributed by atoms with Gasteiger partial charge in [-0.15, -0.1) is 0 Å². The summed E-state index contributed by atoms with van der Waals surface area (Å²) in [4.78, 5) is 16.2. The molecule has 5 nitrogen and oxygen atoms in total. The van der Waals surface area contributed by atoms with Crippen LogP contribution in [0.5, 0.6) is 0 Å². The van der Waals surface area contributed by atoms with Gasteiger partial charge in [-0.2, -0.15) is 0 Å². The minimum absolute atomic E-state index is 0.0216. The van der Waals surface area contributed by atoms with Crippen molar-refractivity contribution in [2.24, 2.45) is 0 Å². The minimum atomic E-state index is -0.126. The number of anilines is 1. The van der Waals surface area contributed by atoms with E-state index >= 15 is 0 Å². The number of hydrogen-bond donors (Lipinski definition) is 2. The second-order valence-corrected chi connectivity index (χ2v) is 4.38. The van der Waals surface area contributed by atoms with Crippen LogP contribution in [0.4, 0.5) is 5.69 Å². The van der Waals surface area contributed by atoms with Crippen molar-refractivity contribution in [2.75, 3.05) is 25.1 Å². The summed E-state index contributed by atoms with van der Waals surface area (Å²) in [7, 11) is 0. The van der Waals surface area contributed by atoms with Gasteiger partial charge in [-0.1, -0.05) is 6.92 Å². The van der Waals surface area contributed by atoms with Gasteiger partial charge in [0.2, 0.25) is 0 Å². The Bertz CT molecular complexity index is 396. The van der Waals surface area contributed by atoms with Crippen LogP contribution in [0.1, 0.15) is 37.6 Å². The Labute approximate surface area is 114 Å². The Morgan fingerprint density at radius 2 is 2.26 bits per heavy atom. The van der Waals surface area contributed by atoms with E-state index in [0.29, 0.717) is 18.8 Å². The first-order valence-electron chi connectivity index (χ1n) is 6.75. The van der Waals surface area contributed by atoms with Gasteiger partial charge < -0.3 is 15.4 Å². The molecule has 2 N–H and O–H groups in total. The molecule has 1 atom stereocenters. The molecule has 1 aromatic rings. The topological polar surface area (TPSA) is 63.2 Å². The molecule has 106 valence electrons. The summed E-state index contributed by atoms with van der Waals surface area (Å²) in [5.41, 5.74) is 1.39. The maximum absolute atomic E-state index is 12.2. The molecular formula is C14H23N3O2. The maximum Gasteiger partial charge on any atom is 0.255 e. The monoisotopic (exact) mass is 265 g/mol. The van der Waals surface area contributed by atoms with Crippen molar-refractivity contribution in [2.45, 2.75) is 33.2 Å². The molecule has 1 unspecified atom stereocenters. The molecule has 1 aromatic heterocycles. The number of pyridine rings is 1. The normalized spacial score (nSPS) is 11.9. The molecule has 0 saturated heterocycles. The molecule has 19 heavy (non-hydrogen) atoms. The van der Waals surface area contributed by atoms with Gasteiger partial charge in [-0.25, -0.2) is 0 Å². The van der Waals surface area contributed by atoms with Crippen LogP contribution in [0.2, 0.25) is 0 Å². The lowest BCUT2D eigenvalue weighted by Crippen LogP contribution is -2.36. The fourth-order valence-corrected chi connectivity index (χ4v) is 1.63. The first-order chi connectivity index (χ1) is 9.19. The van der Waals surface area contributed by atoms with Crippen molar-refractivity contribution >= 4 is 11.6 Å². The lowest BCUT2D eigenvalue weighted by atomic mass is 10.2. The summed E-state index contributed by atoms with van der Waals surface area (Å²) in [5, 5.41) is 6.13. The number of nitrogens with zero attached hydrogens (tertiary/aromatic N) is 1. The quantitative estimate of drug-likeness (QED) is 0.755. The summed E-state index contributed by atoms with van der Waals surface area (Å²) in [6, 6.07) is 1.80. The van der Waals surface area contributed by atoms with Crippen molar-refractivity contribution < 1.29 is 9.53 Å². The largest absolute Gasteiger partial charge is 0.384 e. The Hall–Kier alpha value is -1.62. The van der Waals surface area contributed by atoms with E-state index in [0.717, 1.165) is 18.7 Å². The molecule has 0 spiro atoms. The molecule has 0 aliphatic rings. The number of aromatic nitrogens is 1. The second kappa shape index (κ2) is 8.48. The first-order valence-corrected chi connectivity index (χ1v) is 6.75. The number of rotatable bonds is 8. The van der Waals surface area contributed by atoms with E-state index in [1.54, 1.807) is 12.4 Å². The average molecular weight is 265 g/mol. The number of ether oxygens (including phenoxy) is 1. The third kappa shape index (κ3) is 5.26. The third-order valence-corrected chi connectivity index (χ3v) is 2.58. The van der Waals surface area contributed by atoms with Crippen molar-refractivity contribution in [3.05, 3.63) is 24.0 Å². The summed E-state index contributed by atoms with van der Waals surface area (Å²) < 4.78 is 5.28. The fourth-order valence-electron chi connectivity index (χ4n) is 1.63. The van der Waals surface area contributed by atoms with Crippen molar-refractivity contribution in [3.63, 3.8) is 0 Å². The summed E-state index contributed by atoms with van der Waals surface area (Å²) in [6.07, 6.45) is 4.27. The highest BCUT2D eigenvalue weighted by molar-refractivity contribution is 5.99. The summed E-state index contributed by atoms with van der Waals surface area (Å²) >= 11 is 0. The van der Waals surface area contributed by atoms with Crippen molar-refractivity contribution in [1.29, 1.82) is 0 Å². The summed E-state index contributed by atoms with van der Waals surface area (Å²) in [5.74, 6) is -0.126. The van der Waals surface area contributed by atoms with Gasteiger partial charge in [0.1, 0.15) is 0 Å². The highest BCUT2D eigenvalue weighted by Gasteiger charge is 2.13. The molecule has 0 fully saturated rings. The predicted octanol–water partition coefficient (Wildman–Crippen LogP) is 2.06. The highest BCUT2D eigenvalue weighted by Crippen LogP contribution is 2.13. The van der Waals surface area contributed by atoms with Gasteiger partial charge in [-0.3, -0.25) is 9.78 Å². The molecule has 1 amide bonds. The van der Waals surface area contributed by atoms with Gasteiger partial charge in [0, 0.05) is 31.6 Å². The number of carbonyl (C=O) groups is 1. The molecule has 0 aliphatic heterocycles. The number of nitrogens with one attached hydrogen (secondary N) is 2. The lowest BCUT2D eigenvalue weighted by molar-refractivity contribution is 0.0872. The van der Waals surface area contributed by atoms with Gasteiger partial charge in [0.25, 0.3) is 5.91 Å². The van der Waals surface area contributed by atoms with Crippen LogP contribution in [0.25, 0.3) is 0 Å². The van der Waals surface area contributed by atoms with Crippen LogP contribution < -0.4 is 10.6 Å². The molecule has 0 aromatic carbocycles. The molecule has 0 aliphatic carbocycles. The van der Waals surface area contributed by atoms with Crippen LogP contribution in [0.15, 0.2) is 18.5 Å². The van der Waals surface area contributed by atoms with Crippen molar-refractivity contribution in [1.82, 2.24) is 10.3 Å². The lowest BCUT2D eigenvalue weighted by Gasteiger charge is -2.15. The van der Waals surface area contributed by atoms with E-state index in [1.807, 2.05) is 19.9 Å². The zero-order valence-electron chi connectivity index (χ0n) is 11.9. The van der Waals surface area contributed by atoms with Crippen LogP contribution >= 0.6 is 0 Å². The Morgan fingerprint density at radius 3 is 2.95 bits per heavy atom. The van der Waals surface area contributed by atoms with Crippen LogP contribution in [-0.4, -0.2) is 36.7 Å². The molecule has 0 radical (unpaired) electrons. The van der Waals surface area contributed by atoms with Gasteiger partial charge in [0.15, 0.2) is 0 Å². The van der Waals surface area contributed by atoms with E-state index in [4.69, 9.17) is 4.74 Å². The fraction of sp³-hybridized carbons (Fsp3) is 0.571. The number of carbonyl (C=O) groups excluding carboxylic acids is 1. The smallest absolute Gasteiger partial charge is 0.255 e. The van der Waals surface area contributed by atoms with E-state index < -0.39 is 0 Å². The minimum Gasteiger partial charge on any atom is -0.384 e. The standard InChI is InChI=1S/C14H23N3O2/c1-4-7-16-13-6-8-15-9-12(13)14(18)17-11(3)10-19-5-2/h6,8-9,11H,4-5,7,10H2,1-3H3,(H,15,16)(H,17,18). The molecule has 5 heteroatoms. The Morgan fingerprint density at radius 1 is 1.47 bits per heavy atom. The van der Waals surface area contributed by atoms with Crippen LogP contribution in [0.3, 0.4) is 0 Å². The van der Waals surface area contributed by atoms with E-state index in [9.17, 15) is 4.79 Å². The second-order valence-electron chi connectivity index (χ2n) is 4.38. The summed E-state index contributed by atoms with van der Waals surface area (Å²) in [6.45, 7) is 7.93. The zero-order valence-corrected chi connectivity index (χ0v) is 11.9. The molecule has 1 heterocycles. The van der Waals surface area contributed by atoms with Crippen LogP contribution in [0, 0.1) is 0 Å². The van der Waals surface area contributed by atoms with Crippen LogP contribution in [-0.2, 0) is 4.74 Å².